The molecule has 2 atom stereocenters. The van der Waals surface area contributed by atoms with E-state index in [1.807, 2.05) is 35.2 Å². The number of carbonyl (C=O) groups is 2. The van der Waals surface area contributed by atoms with E-state index >= 15 is 0 Å². The molecule has 0 spiro atoms. The maximum Gasteiger partial charge on any atom is 0.323 e. The Hall–Kier alpha value is -2.57. The Bertz CT molecular complexity index is 813. The highest BCUT2D eigenvalue weighted by Gasteiger charge is 2.31. The number of benzene rings is 2. The summed E-state index contributed by atoms with van der Waals surface area (Å²) < 4.78 is 0. The van der Waals surface area contributed by atoms with Crippen molar-refractivity contribution in [1.82, 2.24) is 10.2 Å². The summed E-state index contributed by atoms with van der Waals surface area (Å²) in [4.78, 5) is 26.8. The van der Waals surface area contributed by atoms with Gasteiger partial charge in [0, 0.05) is 42.1 Å². The number of amides is 3. The van der Waals surface area contributed by atoms with E-state index in [2.05, 4.69) is 16.0 Å². The van der Waals surface area contributed by atoms with Gasteiger partial charge in [-0.15, -0.1) is 12.4 Å². The first-order chi connectivity index (χ1) is 13.2. The molecule has 3 N–H and O–H groups in total. The molecule has 148 valence electrons. The third-order valence-electron chi connectivity index (χ3n) is 5.23. The number of hydrogen-bond donors (Lipinski definition) is 3. The molecule has 0 saturated carbocycles. The first kappa shape index (κ1) is 20.2. The van der Waals surface area contributed by atoms with Gasteiger partial charge in [-0.05, 0) is 55.7 Å². The minimum absolute atomic E-state index is 0. The molecule has 2 aromatic rings. The average Bonchev–Trinajstić information content (AvgIpc) is 3.01. The van der Waals surface area contributed by atoms with E-state index in [4.69, 9.17) is 0 Å². The molecule has 2 unspecified atom stereocenters. The van der Waals surface area contributed by atoms with Gasteiger partial charge < -0.3 is 20.9 Å². The number of anilines is 2. The molecule has 0 radical (unpaired) electrons. The molecule has 2 aliphatic heterocycles. The van der Waals surface area contributed by atoms with E-state index in [1.165, 1.54) is 6.42 Å². The molecule has 2 heterocycles. The summed E-state index contributed by atoms with van der Waals surface area (Å²) >= 11 is 0. The summed E-state index contributed by atoms with van der Waals surface area (Å²) in [6, 6.07) is 17.0. The minimum Gasteiger partial charge on any atom is -0.337 e. The Morgan fingerprint density at radius 3 is 2.21 bits per heavy atom. The molecule has 3 amide bonds. The molecular weight excluding hydrogens is 376 g/mol. The van der Waals surface area contributed by atoms with E-state index in [0.717, 1.165) is 31.6 Å². The van der Waals surface area contributed by atoms with Crippen molar-refractivity contribution in [2.24, 2.45) is 0 Å². The fourth-order valence-electron chi connectivity index (χ4n) is 3.82. The van der Waals surface area contributed by atoms with E-state index < -0.39 is 0 Å². The fraction of sp³-hybridized carbons (Fsp3) is 0.333. The Balaban J connectivity index is 0.00000225. The van der Waals surface area contributed by atoms with Crippen LogP contribution >= 0.6 is 12.4 Å². The molecule has 2 saturated heterocycles. The highest BCUT2D eigenvalue weighted by atomic mass is 35.5. The zero-order chi connectivity index (χ0) is 18.6. The van der Waals surface area contributed by atoms with Gasteiger partial charge >= 0.3 is 6.03 Å². The standard InChI is InChI=1S/C21H24N4O2.ClH/c26-20(25-13-12-18-10-11-19(14-25)22-18)15-6-8-17(9-7-15)24-21(27)23-16-4-2-1-3-5-16;/h1-9,18-19,22H,10-14H2,(H2,23,24,27);1H. The molecule has 2 fully saturated rings. The molecule has 7 heteroatoms. The van der Waals surface area contributed by atoms with Crippen LogP contribution in [-0.2, 0) is 0 Å². The number of hydrogen-bond acceptors (Lipinski definition) is 3. The predicted octanol–water partition coefficient (Wildman–Crippen LogP) is 3.72. The van der Waals surface area contributed by atoms with Crippen LogP contribution in [-0.4, -0.2) is 42.0 Å². The van der Waals surface area contributed by atoms with Crippen LogP contribution in [0.5, 0.6) is 0 Å². The van der Waals surface area contributed by atoms with Gasteiger partial charge in [-0.25, -0.2) is 4.79 Å². The third-order valence-corrected chi connectivity index (χ3v) is 5.23. The fourth-order valence-corrected chi connectivity index (χ4v) is 3.82. The molecular formula is C21H25ClN4O2. The number of halogens is 1. The maximum atomic E-state index is 12.8. The van der Waals surface area contributed by atoms with Gasteiger partial charge in [0.15, 0.2) is 0 Å². The lowest BCUT2D eigenvalue weighted by Gasteiger charge is -2.24. The van der Waals surface area contributed by atoms with Crippen molar-refractivity contribution in [3.05, 3.63) is 60.2 Å². The Morgan fingerprint density at radius 1 is 0.857 bits per heavy atom. The first-order valence-corrected chi connectivity index (χ1v) is 9.46. The van der Waals surface area contributed by atoms with Crippen LogP contribution in [0.1, 0.15) is 29.6 Å². The van der Waals surface area contributed by atoms with Crippen molar-refractivity contribution < 1.29 is 9.59 Å². The first-order valence-electron chi connectivity index (χ1n) is 9.46. The molecule has 2 bridgehead atoms. The molecule has 4 rings (SSSR count). The van der Waals surface area contributed by atoms with Crippen molar-refractivity contribution in [1.29, 1.82) is 0 Å². The van der Waals surface area contributed by atoms with Crippen molar-refractivity contribution in [3.63, 3.8) is 0 Å². The van der Waals surface area contributed by atoms with E-state index in [9.17, 15) is 9.59 Å². The molecule has 28 heavy (non-hydrogen) atoms. The highest BCUT2D eigenvalue weighted by molar-refractivity contribution is 6.00. The van der Waals surface area contributed by atoms with Crippen LogP contribution in [0.15, 0.2) is 54.6 Å². The molecule has 2 aliphatic rings. The lowest BCUT2D eigenvalue weighted by molar-refractivity contribution is 0.0748. The van der Waals surface area contributed by atoms with Crippen LogP contribution in [0.3, 0.4) is 0 Å². The summed E-state index contributed by atoms with van der Waals surface area (Å²) in [5.74, 6) is 0.0598. The number of urea groups is 1. The lowest BCUT2D eigenvalue weighted by atomic mass is 10.1. The summed E-state index contributed by atoms with van der Waals surface area (Å²) in [6.45, 7) is 1.57. The predicted molar refractivity (Wildman–Crippen MR) is 113 cm³/mol. The quantitative estimate of drug-likeness (QED) is 0.735. The van der Waals surface area contributed by atoms with Crippen LogP contribution in [0.4, 0.5) is 16.2 Å². The van der Waals surface area contributed by atoms with Gasteiger partial charge in [-0.1, -0.05) is 18.2 Å². The van der Waals surface area contributed by atoms with Crippen LogP contribution in [0.2, 0.25) is 0 Å². The number of likely N-dealkylation sites (tertiary alicyclic amines) is 1. The molecule has 2 aromatic carbocycles. The number of rotatable bonds is 3. The van der Waals surface area contributed by atoms with Crippen molar-refractivity contribution in [3.8, 4) is 0 Å². The smallest absolute Gasteiger partial charge is 0.323 e. The second-order valence-electron chi connectivity index (χ2n) is 7.20. The van der Waals surface area contributed by atoms with Gasteiger partial charge in [0.25, 0.3) is 5.91 Å². The third kappa shape index (κ3) is 4.82. The monoisotopic (exact) mass is 400 g/mol. The van der Waals surface area contributed by atoms with Gasteiger partial charge in [-0.3, -0.25) is 4.79 Å². The summed E-state index contributed by atoms with van der Waals surface area (Å²) in [5, 5.41) is 9.14. The zero-order valence-corrected chi connectivity index (χ0v) is 16.4. The van der Waals surface area contributed by atoms with E-state index in [1.54, 1.807) is 24.3 Å². The normalized spacial score (nSPS) is 20.6. The van der Waals surface area contributed by atoms with Crippen molar-refractivity contribution in [2.45, 2.75) is 31.3 Å². The topological polar surface area (TPSA) is 73.5 Å². The summed E-state index contributed by atoms with van der Waals surface area (Å²) in [5.41, 5.74) is 2.03. The molecule has 0 aliphatic carbocycles. The number of nitrogens with zero attached hydrogens (tertiary/aromatic N) is 1. The number of carbonyl (C=O) groups excluding carboxylic acids is 2. The van der Waals surface area contributed by atoms with Crippen LogP contribution in [0, 0.1) is 0 Å². The van der Waals surface area contributed by atoms with E-state index in [0.29, 0.717) is 23.3 Å². The lowest BCUT2D eigenvalue weighted by Crippen LogP contribution is -2.39. The van der Waals surface area contributed by atoms with Gasteiger partial charge in [0.05, 0.1) is 0 Å². The number of para-hydroxylation sites is 1. The van der Waals surface area contributed by atoms with Crippen LogP contribution < -0.4 is 16.0 Å². The highest BCUT2D eigenvalue weighted by Crippen LogP contribution is 2.22. The average molecular weight is 401 g/mol. The molecule has 0 aromatic heterocycles. The second kappa shape index (κ2) is 9.08. The second-order valence-corrected chi connectivity index (χ2v) is 7.20. The van der Waals surface area contributed by atoms with Gasteiger partial charge in [-0.2, -0.15) is 0 Å². The molecule has 6 nitrogen and oxygen atoms in total. The Kier molecular flexibility index (Phi) is 6.54. The Labute approximate surface area is 171 Å². The SMILES string of the molecule is Cl.O=C(Nc1ccccc1)Nc1ccc(C(=O)N2CCC3CCC(C2)N3)cc1. The Morgan fingerprint density at radius 2 is 1.50 bits per heavy atom. The maximum absolute atomic E-state index is 12.8. The summed E-state index contributed by atoms with van der Waals surface area (Å²) in [7, 11) is 0. The largest absolute Gasteiger partial charge is 0.337 e. The van der Waals surface area contributed by atoms with Crippen molar-refractivity contribution >= 4 is 35.7 Å². The number of fused-ring (bicyclic) bond motifs is 2. The van der Waals surface area contributed by atoms with Gasteiger partial charge in [0.2, 0.25) is 0 Å². The van der Waals surface area contributed by atoms with Crippen LogP contribution in [0.25, 0.3) is 0 Å². The zero-order valence-electron chi connectivity index (χ0n) is 15.6. The number of nitrogens with one attached hydrogen (secondary N) is 3. The van der Waals surface area contributed by atoms with Gasteiger partial charge in [0.1, 0.15) is 0 Å². The summed E-state index contributed by atoms with van der Waals surface area (Å²) in [6.07, 6.45) is 3.38. The minimum atomic E-state index is -0.310. The van der Waals surface area contributed by atoms with Crippen molar-refractivity contribution in [2.75, 3.05) is 23.7 Å². The van der Waals surface area contributed by atoms with E-state index in [-0.39, 0.29) is 24.3 Å².